The van der Waals surface area contributed by atoms with Gasteiger partial charge < -0.3 is 13.7 Å². The fourth-order valence-corrected chi connectivity index (χ4v) is 4.96. The number of hydrogen-bond acceptors (Lipinski definition) is 6. The Hall–Kier alpha value is -1.65. The van der Waals surface area contributed by atoms with Gasteiger partial charge in [0.25, 0.3) is 0 Å². The van der Waals surface area contributed by atoms with Gasteiger partial charge in [-0.15, -0.1) is 0 Å². The van der Waals surface area contributed by atoms with Gasteiger partial charge in [0.05, 0.1) is 25.4 Å². The topological polar surface area (TPSA) is 83.1 Å². The number of esters is 1. The van der Waals surface area contributed by atoms with Gasteiger partial charge in [0.1, 0.15) is 11.8 Å². The van der Waals surface area contributed by atoms with Crippen LogP contribution in [-0.4, -0.2) is 46.3 Å². The van der Waals surface area contributed by atoms with Crippen molar-refractivity contribution in [2.24, 2.45) is 5.92 Å². The Labute approximate surface area is 212 Å². The van der Waals surface area contributed by atoms with Gasteiger partial charge >= 0.3 is 19.9 Å². The summed E-state index contributed by atoms with van der Waals surface area (Å²) in [4.78, 5) is 12.3. The van der Waals surface area contributed by atoms with Crippen molar-refractivity contribution in [1.82, 2.24) is 5.09 Å². The van der Waals surface area contributed by atoms with E-state index in [1.54, 1.807) is 18.2 Å². The molecule has 204 valence electrons. The van der Waals surface area contributed by atoms with E-state index in [4.69, 9.17) is 18.2 Å². The van der Waals surface area contributed by atoms with Crippen LogP contribution in [0, 0.1) is 5.92 Å². The van der Waals surface area contributed by atoms with Crippen LogP contribution >= 0.6 is 7.75 Å². The van der Waals surface area contributed by atoms with Crippen LogP contribution in [0.5, 0.6) is 5.75 Å². The minimum atomic E-state index is -4.66. The van der Waals surface area contributed by atoms with Gasteiger partial charge in [-0.3, -0.25) is 9.32 Å². The zero-order chi connectivity index (χ0) is 27.2. The first-order chi connectivity index (χ1) is 16.5. The lowest BCUT2D eigenvalue weighted by atomic mass is 10.2. The van der Waals surface area contributed by atoms with Crippen LogP contribution in [0.1, 0.15) is 40.5 Å². The lowest BCUT2D eigenvalue weighted by Gasteiger charge is -2.36. The number of hydrogen-bond donors (Lipinski definition) is 1. The zero-order valence-electron chi connectivity index (χ0n) is 21.7. The van der Waals surface area contributed by atoms with Crippen molar-refractivity contribution in [3.05, 3.63) is 42.0 Å². The molecule has 1 unspecified atom stereocenters. The molecule has 1 aromatic rings. The molecule has 1 fully saturated rings. The highest BCUT2D eigenvalue weighted by atomic mass is 31.2. The van der Waals surface area contributed by atoms with Crippen LogP contribution in [-0.2, 0) is 23.0 Å². The first kappa shape index (κ1) is 30.6. The summed E-state index contributed by atoms with van der Waals surface area (Å²) in [6, 6.07) is 6.92. The monoisotopic (exact) mass is 551 g/mol. The minimum absolute atomic E-state index is 0.160. The lowest BCUT2D eigenvalue weighted by Crippen LogP contribution is -2.42. The maximum Gasteiger partial charge on any atom is 0.459 e. The van der Waals surface area contributed by atoms with Gasteiger partial charge in [0, 0.05) is 0 Å². The van der Waals surface area contributed by atoms with Crippen LogP contribution < -0.4 is 9.61 Å². The summed E-state index contributed by atoms with van der Waals surface area (Å²) in [6.07, 6.45) is -1.91. The molecule has 0 saturated heterocycles. The maximum atomic E-state index is 13.7. The average molecular weight is 552 g/mol. The molecule has 0 bridgehead atoms. The molecule has 0 aromatic heterocycles. The summed E-state index contributed by atoms with van der Waals surface area (Å²) >= 11 is 0. The van der Waals surface area contributed by atoms with Crippen molar-refractivity contribution >= 4 is 22.0 Å². The Morgan fingerprint density at radius 2 is 1.81 bits per heavy atom. The molecule has 2 rings (SSSR count). The van der Waals surface area contributed by atoms with Crippen molar-refractivity contribution < 1.29 is 40.7 Å². The third kappa shape index (κ3) is 10.0. The highest BCUT2D eigenvalue weighted by Gasteiger charge is 2.40. The van der Waals surface area contributed by atoms with Gasteiger partial charge in [0.15, 0.2) is 8.32 Å². The number of para-hydroxylation sites is 1. The van der Waals surface area contributed by atoms with Crippen molar-refractivity contribution in [3.63, 3.8) is 0 Å². The highest BCUT2D eigenvalue weighted by Crippen LogP contribution is 2.45. The number of rotatable bonds is 13. The summed E-state index contributed by atoms with van der Waals surface area (Å²) in [5.41, 5.74) is -0.949. The normalized spacial score (nSPS) is 17.9. The predicted molar refractivity (Wildman–Crippen MR) is 134 cm³/mol. The van der Waals surface area contributed by atoms with E-state index in [0.29, 0.717) is 5.92 Å². The number of nitrogens with one attached hydrogen (secondary N) is 1. The number of carbonyl (C=O) groups excluding carboxylic acids is 1. The molecule has 1 aliphatic rings. The van der Waals surface area contributed by atoms with Crippen LogP contribution in [0.2, 0.25) is 18.1 Å². The Bertz CT molecular complexity index is 945. The van der Waals surface area contributed by atoms with Crippen LogP contribution in [0.15, 0.2) is 42.0 Å². The Morgan fingerprint density at radius 3 is 2.33 bits per heavy atom. The molecule has 1 saturated carbocycles. The van der Waals surface area contributed by atoms with E-state index in [1.165, 1.54) is 19.1 Å². The molecule has 0 amide bonds. The third-order valence-corrected chi connectivity index (χ3v) is 12.3. The first-order valence-electron chi connectivity index (χ1n) is 11.9. The molecular formula is C24H37F3NO6PSi. The SMILES string of the molecule is C[C@H](NP(=O)(OC/C=C(/CO[Si](C)(C)C(C)(C)C)C(F)(F)F)Oc1ccccc1)C(=O)OCC1CC1. The Kier molecular flexibility index (Phi) is 10.4. The van der Waals surface area contributed by atoms with Crippen molar-refractivity contribution in [3.8, 4) is 5.75 Å². The molecular weight excluding hydrogens is 514 g/mol. The van der Waals surface area contributed by atoms with E-state index >= 15 is 0 Å². The second-order valence-electron chi connectivity index (χ2n) is 10.4. The third-order valence-electron chi connectivity index (χ3n) is 6.17. The quantitative estimate of drug-likeness (QED) is 0.127. The van der Waals surface area contributed by atoms with E-state index in [9.17, 15) is 22.5 Å². The summed E-state index contributed by atoms with van der Waals surface area (Å²) in [5.74, 6) is -0.158. The number of carbonyl (C=O) groups is 1. The lowest BCUT2D eigenvalue weighted by molar-refractivity contribution is -0.145. The summed E-state index contributed by atoms with van der Waals surface area (Å²) < 4.78 is 76.1. The second kappa shape index (κ2) is 12.3. The largest absolute Gasteiger partial charge is 0.464 e. The fourth-order valence-electron chi connectivity index (χ4n) is 2.58. The predicted octanol–water partition coefficient (Wildman–Crippen LogP) is 6.63. The Morgan fingerprint density at radius 1 is 1.19 bits per heavy atom. The number of benzene rings is 1. The van der Waals surface area contributed by atoms with Crippen molar-refractivity contribution in [2.75, 3.05) is 19.8 Å². The van der Waals surface area contributed by atoms with Crippen molar-refractivity contribution in [1.29, 1.82) is 0 Å². The van der Waals surface area contributed by atoms with Crippen molar-refractivity contribution in [2.45, 2.75) is 70.9 Å². The minimum Gasteiger partial charge on any atom is -0.464 e. The molecule has 1 aromatic carbocycles. The average Bonchev–Trinajstić information content (AvgIpc) is 3.57. The number of ether oxygens (including phenoxy) is 1. The molecule has 0 radical (unpaired) electrons. The second-order valence-corrected chi connectivity index (χ2v) is 16.9. The molecule has 1 N–H and O–H groups in total. The fraction of sp³-hybridized carbons (Fsp3) is 0.625. The van der Waals surface area contributed by atoms with Crippen LogP contribution in [0.25, 0.3) is 0 Å². The molecule has 12 heteroatoms. The smallest absolute Gasteiger partial charge is 0.459 e. The first-order valence-corrected chi connectivity index (χ1v) is 16.3. The molecule has 2 atom stereocenters. The van der Waals surface area contributed by atoms with Gasteiger partial charge in [0.2, 0.25) is 0 Å². The molecule has 0 aliphatic heterocycles. The number of alkyl halides is 3. The van der Waals surface area contributed by atoms with E-state index in [0.717, 1.165) is 18.9 Å². The number of halogens is 3. The van der Waals surface area contributed by atoms with Crippen LogP contribution in [0.4, 0.5) is 13.2 Å². The molecule has 7 nitrogen and oxygen atoms in total. The van der Waals surface area contributed by atoms with E-state index in [2.05, 4.69) is 5.09 Å². The highest BCUT2D eigenvalue weighted by molar-refractivity contribution is 7.52. The molecule has 1 aliphatic carbocycles. The summed E-state index contributed by atoms with van der Waals surface area (Å²) in [7, 11) is -6.71. The standard InChI is InChI=1S/C24H37F3NO6PSi/c1-18(22(29)31-16-19-12-13-19)28-35(30,34-21-10-8-7-9-11-21)32-15-14-20(24(25,26)27)17-33-36(5,6)23(2,3)4/h7-11,14,18-19H,12-13,15-17H2,1-6H3,(H,28,30)/b20-14-/t18-,35?/m0/s1. The summed E-state index contributed by atoms with van der Waals surface area (Å²) in [6.45, 7) is 9.85. The van der Waals surface area contributed by atoms with Gasteiger partial charge in [-0.05, 0) is 62.0 Å². The van der Waals surface area contributed by atoms with Gasteiger partial charge in [-0.2, -0.15) is 18.3 Å². The van der Waals surface area contributed by atoms with E-state index in [-0.39, 0.29) is 17.4 Å². The zero-order valence-corrected chi connectivity index (χ0v) is 23.6. The molecule has 36 heavy (non-hydrogen) atoms. The maximum absolute atomic E-state index is 13.7. The summed E-state index contributed by atoms with van der Waals surface area (Å²) in [5, 5.41) is 2.21. The Balaban J connectivity index is 2.13. The van der Waals surface area contributed by atoms with Gasteiger partial charge in [-0.1, -0.05) is 39.0 Å². The van der Waals surface area contributed by atoms with E-state index < -0.39 is 53.0 Å². The molecule has 0 heterocycles. The van der Waals surface area contributed by atoms with Gasteiger partial charge in [-0.25, -0.2) is 4.57 Å². The van der Waals surface area contributed by atoms with Crippen LogP contribution in [0.3, 0.4) is 0 Å². The van der Waals surface area contributed by atoms with E-state index in [1.807, 2.05) is 33.9 Å². The molecule has 0 spiro atoms.